The van der Waals surface area contributed by atoms with Crippen molar-refractivity contribution < 1.29 is 9.31 Å². The molecule has 0 saturated carbocycles. The van der Waals surface area contributed by atoms with E-state index >= 15 is 0 Å². The number of rotatable bonds is 3. The number of aromatic nitrogens is 2. The molecule has 7 heteroatoms. The lowest BCUT2D eigenvalue weighted by atomic mass is 10.2. The van der Waals surface area contributed by atoms with Crippen molar-refractivity contribution in [3.63, 3.8) is 0 Å². The molecule has 0 N–H and O–H groups in total. The van der Waals surface area contributed by atoms with Crippen LogP contribution in [0.5, 0.6) is 0 Å². The van der Waals surface area contributed by atoms with Crippen molar-refractivity contribution >= 4 is 21.9 Å². The molecule has 2 rings (SSSR count). The predicted octanol–water partition coefficient (Wildman–Crippen LogP) is 3.38. The Bertz CT molecular complexity index is 595. The molecule has 0 atom stereocenters. The number of halogens is 2. The molecule has 18 heavy (non-hydrogen) atoms. The fourth-order valence-corrected chi connectivity index (χ4v) is 2.36. The van der Waals surface area contributed by atoms with Gasteiger partial charge in [0.2, 0.25) is 0 Å². The van der Waals surface area contributed by atoms with E-state index in [4.69, 9.17) is 0 Å². The zero-order chi connectivity index (χ0) is 13.3. The highest BCUT2D eigenvalue weighted by atomic mass is 79.9. The van der Waals surface area contributed by atoms with Crippen molar-refractivity contribution in [2.75, 3.05) is 0 Å². The lowest BCUT2D eigenvalue weighted by Gasteiger charge is -1.97. The highest BCUT2D eigenvalue weighted by Gasteiger charge is 2.25. The molecule has 2 aromatic rings. The average Bonchev–Trinajstić information content (AvgIpc) is 2.67. The minimum atomic E-state index is -0.540. The summed E-state index contributed by atoms with van der Waals surface area (Å²) in [6, 6.07) is 5.65. The maximum absolute atomic E-state index is 12.8. The van der Waals surface area contributed by atoms with Crippen LogP contribution in [0.4, 0.5) is 10.3 Å². The van der Waals surface area contributed by atoms with Crippen LogP contribution in [0.1, 0.15) is 6.92 Å². The van der Waals surface area contributed by atoms with Crippen LogP contribution in [0.2, 0.25) is 0 Å². The van der Waals surface area contributed by atoms with E-state index in [0.717, 1.165) is 0 Å². The first-order valence-corrected chi connectivity index (χ1v) is 6.00. The van der Waals surface area contributed by atoms with Crippen LogP contribution in [0.3, 0.4) is 0 Å². The molecule has 5 nitrogen and oxygen atoms in total. The Labute approximate surface area is 111 Å². The van der Waals surface area contributed by atoms with Gasteiger partial charge >= 0.3 is 5.95 Å². The summed E-state index contributed by atoms with van der Waals surface area (Å²) in [7, 11) is 0. The quantitative estimate of drug-likeness (QED) is 0.644. The Balaban J connectivity index is 2.58. The van der Waals surface area contributed by atoms with Gasteiger partial charge in [-0.3, -0.25) is 0 Å². The zero-order valence-electron chi connectivity index (χ0n) is 9.43. The Kier molecular flexibility index (Phi) is 3.42. The van der Waals surface area contributed by atoms with Crippen LogP contribution in [0.25, 0.3) is 11.3 Å². The summed E-state index contributed by atoms with van der Waals surface area (Å²) >= 11 is 3.29. The molecule has 0 bridgehead atoms. The molecule has 1 aromatic heterocycles. The second-order valence-corrected chi connectivity index (χ2v) is 4.31. The van der Waals surface area contributed by atoms with Gasteiger partial charge in [-0.25, -0.2) is 8.96 Å². The first kappa shape index (κ1) is 12.7. The van der Waals surface area contributed by atoms with E-state index in [1.807, 2.05) is 0 Å². The molecule has 94 valence electrons. The van der Waals surface area contributed by atoms with Gasteiger partial charge in [-0.05, 0) is 52.0 Å². The Hall–Kier alpha value is -1.76. The largest absolute Gasteiger partial charge is 0.436 e. The highest BCUT2D eigenvalue weighted by molar-refractivity contribution is 9.10. The van der Waals surface area contributed by atoms with Gasteiger partial charge in [-0.15, -0.1) is 0 Å². The van der Waals surface area contributed by atoms with Crippen molar-refractivity contribution in [3.8, 4) is 11.3 Å². The molecule has 0 aliphatic carbocycles. The minimum absolute atomic E-state index is 0.233. The first-order valence-electron chi connectivity index (χ1n) is 5.21. The number of imidazole rings is 1. The lowest BCUT2D eigenvalue weighted by Crippen LogP contribution is -2.01. The van der Waals surface area contributed by atoms with Gasteiger partial charge in [-0.2, -0.15) is 0 Å². The maximum atomic E-state index is 12.8. The predicted molar refractivity (Wildman–Crippen MR) is 67.6 cm³/mol. The highest BCUT2D eigenvalue weighted by Crippen LogP contribution is 2.31. The van der Waals surface area contributed by atoms with Gasteiger partial charge in [0.25, 0.3) is 0 Å². The molecule has 0 unspecified atom stereocenters. The maximum Gasteiger partial charge on any atom is 0.436 e. The molecule has 0 amide bonds. The number of benzene rings is 1. The number of hydrogen-bond donors (Lipinski definition) is 0. The Morgan fingerprint density at radius 2 is 2.06 bits per heavy atom. The first-order chi connectivity index (χ1) is 8.54. The van der Waals surface area contributed by atoms with E-state index in [-0.39, 0.29) is 11.8 Å². The van der Waals surface area contributed by atoms with Crippen molar-refractivity contribution in [1.29, 1.82) is 0 Å². The fourth-order valence-electron chi connectivity index (χ4n) is 1.63. The van der Waals surface area contributed by atoms with E-state index in [1.165, 1.54) is 28.8 Å². The van der Waals surface area contributed by atoms with E-state index in [0.29, 0.717) is 22.4 Å². The Morgan fingerprint density at radius 3 is 2.50 bits per heavy atom. The van der Waals surface area contributed by atoms with Gasteiger partial charge in [0.1, 0.15) is 5.82 Å². The van der Waals surface area contributed by atoms with E-state index in [2.05, 4.69) is 20.9 Å². The number of nitrogens with zero attached hydrogens (tertiary/aromatic N) is 3. The monoisotopic (exact) mass is 313 g/mol. The third-order valence-corrected chi connectivity index (χ3v) is 3.29. The zero-order valence-corrected chi connectivity index (χ0v) is 11.0. The molecule has 0 saturated heterocycles. The van der Waals surface area contributed by atoms with E-state index in [1.54, 1.807) is 6.92 Å². The third kappa shape index (κ3) is 2.13. The van der Waals surface area contributed by atoms with Crippen LogP contribution >= 0.6 is 15.9 Å². The van der Waals surface area contributed by atoms with Crippen LogP contribution in [-0.2, 0) is 6.54 Å². The minimum Gasteiger partial charge on any atom is -0.390 e. The van der Waals surface area contributed by atoms with Gasteiger partial charge in [0, 0.05) is 5.56 Å². The molecule has 0 radical (unpaired) electrons. The van der Waals surface area contributed by atoms with Gasteiger partial charge in [0.15, 0.2) is 10.3 Å². The van der Waals surface area contributed by atoms with E-state index in [9.17, 15) is 14.5 Å². The van der Waals surface area contributed by atoms with Crippen molar-refractivity contribution in [2.24, 2.45) is 0 Å². The summed E-state index contributed by atoms with van der Waals surface area (Å²) < 4.78 is 14.8. The van der Waals surface area contributed by atoms with Gasteiger partial charge < -0.3 is 10.1 Å². The summed E-state index contributed by atoms with van der Waals surface area (Å²) in [6.07, 6.45) is 0. The van der Waals surface area contributed by atoms with Crippen molar-refractivity contribution in [2.45, 2.75) is 13.5 Å². The van der Waals surface area contributed by atoms with Crippen LogP contribution in [0, 0.1) is 15.9 Å². The fraction of sp³-hybridized carbons (Fsp3) is 0.182. The number of nitro groups is 1. The van der Waals surface area contributed by atoms with Crippen LogP contribution < -0.4 is 0 Å². The summed E-state index contributed by atoms with van der Waals surface area (Å²) in [5.74, 6) is -0.594. The summed E-state index contributed by atoms with van der Waals surface area (Å²) in [4.78, 5) is 14.3. The standard InChI is InChI=1S/C11H9BrFN3O2/c1-2-15-10(12)9(14-11(15)16(17)18)7-3-5-8(13)6-4-7/h3-6H,2H2,1H3. The molecule has 0 aliphatic heterocycles. The third-order valence-electron chi connectivity index (χ3n) is 2.48. The second-order valence-electron chi connectivity index (χ2n) is 3.56. The number of hydrogen-bond acceptors (Lipinski definition) is 3. The normalized spacial score (nSPS) is 10.6. The molecule has 0 spiro atoms. The lowest BCUT2D eigenvalue weighted by molar-refractivity contribution is -0.396. The molecule has 1 aromatic carbocycles. The average molecular weight is 314 g/mol. The summed E-state index contributed by atoms with van der Waals surface area (Å²) in [5, 5.41) is 10.9. The van der Waals surface area contributed by atoms with Crippen LogP contribution in [0.15, 0.2) is 28.9 Å². The van der Waals surface area contributed by atoms with Crippen molar-refractivity contribution in [1.82, 2.24) is 9.55 Å². The van der Waals surface area contributed by atoms with Crippen LogP contribution in [-0.4, -0.2) is 14.5 Å². The van der Waals surface area contributed by atoms with Crippen molar-refractivity contribution in [3.05, 3.63) is 44.8 Å². The smallest absolute Gasteiger partial charge is 0.390 e. The second kappa shape index (κ2) is 4.85. The SMILES string of the molecule is CCn1c([N+](=O)[O-])nc(-c2ccc(F)cc2)c1Br. The molecule has 0 fully saturated rings. The topological polar surface area (TPSA) is 61.0 Å². The Morgan fingerprint density at radius 1 is 1.44 bits per heavy atom. The summed E-state index contributed by atoms with van der Waals surface area (Å²) in [5.41, 5.74) is 1.06. The molecular formula is C11H9BrFN3O2. The van der Waals surface area contributed by atoms with Gasteiger partial charge in [-0.1, -0.05) is 4.98 Å². The molecule has 0 aliphatic rings. The van der Waals surface area contributed by atoms with E-state index < -0.39 is 4.92 Å². The van der Waals surface area contributed by atoms with Gasteiger partial charge in [0.05, 0.1) is 6.54 Å². The molecular weight excluding hydrogens is 305 g/mol. The molecule has 1 heterocycles. The summed E-state index contributed by atoms with van der Waals surface area (Å²) in [6.45, 7) is 2.21.